The van der Waals surface area contributed by atoms with Crippen molar-refractivity contribution in [1.82, 2.24) is 9.88 Å². The molecule has 27 heavy (non-hydrogen) atoms. The number of hydrogen-bond acceptors (Lipinski definition) is 4. The minimum absolute atomic E-state index is 0.121. The van der Waals surface area contributed by atoms with Gasteiger partial charge in [0.25, 0.3) is 11.5 Å². The van der Waals surface area contributed by atoms with Crippen LogP contribution in [0.5, 0.6) is 0 Å². The lowest BCUT2D eigenvalue weighted by Gasteiger charge is -2.36. The summed E-state index contributed by atoms with van der Waals surface area (Å²) in [4.78, 5) is 31.2. The molecule has 1 aromatic heterocycles. The maximum Gasteiger partial charge on any atom is 0.252 e. The van der Waals surface area contributed by atoms with Gasteiger partial charge < -0.3 is 19.5 Å². The van der Waals surface area contributed by atoms with Crippen LogP contribution in [0.25, 0.3) is 0 Å². The minimum atomic E-state index is -0.123. The van der Waals surface area contributed by atoms with Crippen LogP contribution in [0.1, 0.15) is 41.6 Å². The molecule has 1 aliphatic carbocycles. The molecule has 0 saturated heterocycles. The number of amides is 1. The van der Waals surface area contributed by atoms with E-state index in [0.29, 0.717) is 31.2 Å². The van der Waals surface area contributed by atoms with Crippen molar-refractivity contribution in [2.45, 2.75) is 38.3 Å². The first-order valence-corrected chi connectivity index (χ1v) is 9.59. The number of benzene rings is 1. The molecule has 1 aliphatic rings. The normalized spacial score (nSPS) is 18.0. The number of ether oxygens (including phenoxy) is 1. The standard InChI is InChI=1S/C20H24N2O3.H3OP/c1-2-25-11-10-22-14-16(8-9-19(22)23)20(24)21-18-12-17(13-18)15-6-4-3-5-7-15;1-2/h3-9,14,17-18H,2,10-13H2,1H3,(H,21,24);1H,2H2. The number of carbonyl (C=O) groups excluding carboxylic acids is 1. The lowest BCUT2D eigenvalue weighted by molar-refractivity contribution is 0.0907. The Morgan fingerprint density at radius 1 is 1.22 bits per heavy atom. The Hall–Kier alpha value is -2.01. The first-order valence-electron chi connectivity index (χ1n) is 9.07. The Balaban J connectivity index is 0.00000126. The van der Waals surface area contributed by atoms with Crippen molar-refractivity contribution < 1.29 is 14.4 Å². The third kappa shape index (κ3) is 5.99. The van der Waals surface area contributed by atoms with E-state index in [0.717, 1.165) is 12.8 Å². The number of nitrogens with one attached hydrogen (secondary N) is 1. The molecular formula is C20H27N2O4P. The van der Waals surface area contributed by atoms with Crippen LogP contribution in [-0.2, 0) is 11.3 Å². The van der Waals surface area contributed by atoms with Crippen molar-refractivity contribution in [1.29, 1.82) is 0 Å². The van der Waals surface area contributed by atoms with Gasteiger partial charge in [0.15, 0.2) is 0 Å². The molecule has 3 rings (SSSR count). The molecule has 1 saturated carbocycles. The molecule has 146 valence electrons. The lowest BCUT2D eigenvalue weighted by atomic mass is 9.76. The monoisotopic (exact) mass is 390 g/mol. The van der Waals surface area contributed by atoms with Gasteiger partial charge in [-0.25, -0.2) is 0 Å². The van der Waals surface area contributed by atoms with E-state index < -0.39 is 0 Å². The number of pyridine rings is 1. The first kappa shape index (κ1) is 21.3. The van der Waals surface area contributed by atoms with Crippen LogP contribution in [0.3, 0.4) is 0 Å². The summed E-state index contributed by atoms with van der Waals surface area (Å²) in [6, 6.07) is 13.6. The number of nitrogens with zero attached hydrogens (tertiary/aromatic N) is 1. The summed E-state index contributed by atoms with van der Waals surface area (Å²) >= 11 is 0. The van der Waals surface area contributed by atoms with E-state index in [1.165, 1.54) is 25.7 Å². The first-order chi connectivity index (χ1) is 13.2. The molecule has 2 aromatic rings. The highest BCUT2D eigenvalue weighted by molar-refractivity contribution is 7.08. The fourth-order valence-electron chi connectivity index (χ4n) is 3.15. The Kier molecular flexibility index (Phi) is 8.65. The molecule has 2 N–H and O–H groups in total. The quantitative estimate of drug-likeness (QED) is 0.562. The van der Waals surface area contributed by atoms with Gasteiger partial charge >= 0.3 is 0 Å². The fraction of sp³-hybridized carbons (Fsp3) is 0.400. The molecule has 0 radical (unpaired) electrons. The topological polar surface area (TPSA) is 80.6 Å². The maximum absolute atomic E-state index is 12.4. The Bertz CT molecular complexity index is 773. The molecule has 1 amide bonds. The number of carbonyl (C=O) groups is 1. The summed E-state index contributed by atoms with van der Waals surface area (Å²) in [6.45, 7) is 3.43. The van der Waals surface area contributed by atoms with Crippen LogP contribution in [0.15, 0.2) is 53.5 Å². The molecule has 1 aromatic carbocycles. The second-order valence-corrected chi connectivity index (χ2v) is 6.40. The molecule has 0 aliphatic heterocycles. The predicted octanol–water partition coefficient (Wildman–Crippen LogP) is 2.33. The van der Waals surface area contributed by atoms with Crippen LogP contribution in [0.4, 0.5) is 0 Å². The summed E-state index contributed by atoms with van der Waals surface area (Å²) in [5, 5.41) is 3.06. The Labute approximate surface area is 161 Å². The Morgan fingerprint density at radius 3 is 2.59 bits per heavy atom. The zero-order valence-corrected chi connectivity index (χ0v) is 16.7. The number of aromatic nitrogens is 1. The van der Waals surface area contributed by atoms with Gasteiger partial charge in [-0.15, -0.1) is 0 Å². The van der Waals surface area contributed by atoms with Crippen molar-refractivity contribution in [3.05, 3.63) is 70.1 Å². The van der Waals surface area contributed by atoms with Gasteiger partial charge in [-0.3, -0.25) is 9.59 Å². The summed E-state index contributed by atoms with van der Waals surface area (Å²) in [6.07, 6.45) is 3.53. The van der Waals surface area contributed by atoms with Crippen molar-refractivity contribution in [3.63, 3.8) is 0 Å². The molecule has 0 bridgehead atoms. The highest BCUT2D eigenvalue weighted by atomic mass is 31.0. The number of hydrogen-bond donors (Lipinski definition) is 2. The minimum Gasteiger partial charge on any atom is -0.380 e. The van der Waals surface area contributed by atoms with Gasteiger partial charge in [0.1, 0.15) is 0 Å². The van der Waals surface area contributed by atoms with E-state index in [1.807, 2.05) is 25.1 Å². The molecule has 7 heteroatoms. The summed E-state index contributed by atoms with van der Waals surface area (Å²) in [7, 11) is 1.42. The van der Waals surface area contributed by atoms with Gasteiger partial charge in [0.05, 0.1) is 12.2 Å². The summed E-state index contributed by atoms with van der Waals surface area (Å²) in [5.41, 5.74) is 1.72. The number of rotatable bonds is 7. The van der Waals surface area contributed by atoms with E-state index >= 15 is 0 Å². The van der Waals surface area contributed by atoms with Crippen LogP contribution in [0, 0.1) is 0 Å². The fourth-order valence-corrected chi connectivity index (χ4v) is 3.15. The molecule has 1 fully saturated rings. The Morgan fingerprint density at radius 2 is 1.93 bits per heavy atom. The van der Waals surface area contributed by atoms with Crippen molar-refractivity contribution in [3.8, 4) is 0 Å². The average molecular weight is 390 g/mol. The van der Waals surface area contributed by atoms with Crippen LogP contribution in [-0.4, -0.2) is 34.6 Å². The van der Waals surface area contributed by atoms with E-state index in [-0.39, 0.29) is 17.5 Å². The second kappa shape index (κ2) is 11.0. The molecule has 6 nitrogen and oxygen atoms in total. The largest absolute Gasteiger partial charge is 0.380 e. The van der Waals surface area contributed by atoms with Crippen LogP contribution < -0.4 is 10.9 Å². The average Bonchev–Trinajstić information content (AvgIpc) is 2.68. The lowest BCUT2D eigenvalue weighted by Crippen LogP contribution is -2.43. The zero-order chi connectivity index (χ0) is 19.6. The third-order valence-electron chi connectivity index (χ3n) is 4.67. The SMILES string of the molecule is CCOCCn1cc(C(=O)NC2CC(c3ccccc3)C2)ccc1=O.OP. The van der Waals surface area contributed by atoms with Gasteiger partial charge in [0.2, 0.25) is 0 Å². The second-order valence-electron chi connectivity index (χ2n) is 6.40. The van der Waals surface area contributed by atoms with Crippen molar-refractivity contribution >= 4 is 15.4 Å². The van der Waals surface area contributed by atoms with E-state index in [9.17, 15) is 9.59 Å². The molecule has 0 spiro atoms. The van der Waals surface area contributed by atoms with E-state index in [1.54, 1.807) is 12.3 Å². The highest BCUT2D eigenvalue weighted by Gasteiger charge is 2.31. The van der Waals surface area contributed by atoms with E-state index in [2.05, 4.69) is 17.4 Å². The van der Waals surface area contributed by atoms with Crippen molar-refractivity contribution in [2.75, 3.05) is 13.2 Å². The summed E-state index contributed by atoms with van der Waals surface area (Å²) in [5.74, 6) is 0.397. The van der Waals surface area contributed by atoms with Crippen LogP contribution in [0.2, 0.25) is 0 Å². The molecule has 1 heterocycles. The summed E-state index contributed by atoms with van der Waals surface area (Å²) < 4.78 is 6.80. The molecule has 1 atom stereocenters. The van der Waals surface area contributed by atoms with Gasteiger partial charge in [-0.2, -0.15) is 0 Å². The van der Waals surface area contributed by atoms with Gasteiger partial charge in [0, 0.05) is 31.5 Å². The molecular weight excluding hydrogens is 363 g/mol. The van der Waals surface area contributed by atoms with Crippen molar-refractivity contribution in [2.24, 2.45) is 0 Å². The third-order valence-corrected chi connectivity index (χ3v) is 4.67. The molecule has 1 unspecified atom stereocenters. The smallest absolute Gasteiger partial charge is 0.252 e. The van der Waals surface area contributed by atoms with Gasteiger partial charge in [-0.1, -0.05) is 30.3 Å². The highest BCUT2D eigenvalue weighted by Crippen LogP contribution is 2.36. The zero-order valence-electron chi connectivity index (χ0n) is 15.5. The van der Waals surface area contributed by atoms with Crippen LogP contribution >= 0.6 is 9.47 Å². The predicted molar refractivity (Wildman–Crippen MR) is 109 cm³/mol. The van der Waals surface area contributed by atoms with E-state index in [4.69, 9.17) is 9.63 Å². The van der Waals surface area contributed by atoms with Gasteiger partial charge in [-0.05, 0) is 46.8 Å². The maximum atomic E-state index is 12.4.